The molecule has 20 heavy (non-hydrogen) atoms. The van der Waals surface area contributed by atoms with E-state index >= 15 is 0 Å². The van der Waals surface area contributed by atoms with Gasteiger partial charge >= 0.3 is 0 Å². The molecule has 2 aromatic carbocycles. The summed E-state index contributed by atoms with van der Waals surface area (Å²) in [6.45, 7) is 1.70. The molecule has 0 fully saturated rings. The third-order valence-electron chi connectivity index (χ3n) is 3.25. The van der Waals surface area contributed by atoms with E-state index in [4.69, 9.17) is 4.74 Å². The Morgan fingerprint density at radius 3 is 2.45 bits per heavy atom. The average molecular weight is 268 g/mol. The second-order valence-corrected chi connectivity index (χ2v) is 4.62. The van der Waals surface area contributed by atoms with Crippen molar-refractivity contribution in [1.82, 2.24) is 0 Å². The number of fused-ring (bicyclic) bond motifs is 1. The number of allylic oxidation sites excluding steroid dienone is 1. The summed E-state index contributed by atoms with van der Waals surface area (Å²) in [6.07, 6.45) is 1.61. The number of rotatable bonds is 1. The Labute approximate surface area is 115 Å². The lowest BCUT2D eigenvalue weighted by molar-refractivity contribution is 0.101. The number of Topliss-reactive ketones (excluding diaryl/α,β-unsaturated/α-hetero) is 1. The van der Waals surface area contributed by atoms with Gasteiger partial charge in [-0.3, -0.25) is 4.79 Å². The molecule has 0 amide bonds. The number of carbonyl (C=O) groups excluding carboxylic acids is 1. The molecule has 0 bridgehead atoms. The first-order chi connectivity index (χ1) is 9.56. The van der Waals surface area contributed by atoms with Crippen molar-refractivity contribution in [2.45, 2.75) is 6.92 Å². The minimum atomic E-state index is -0.212. The zero-order valence-corrected chi connectivity index (χ0v) is 10.8. The molecule has 4 nitrogen and oxygen atoms in total. The quantitative estimate of drug-likeness (QED) is 0.780. The molecule has 0 unspecified atom stereocenters. The maximum atomic E-state index is 12.2. The van der Waals surface area contributed by atoms with Gasteiger partial charge in [0.05, 0.1) is 5.56 Å². The van der Waals surface area contributed by atoms with E-state index < -0.39 is 0 Å². The number of phenolic OH excluding ortho intramolecular Hbond substituents is 2. The Morgan fingerprint density at radius 2 is 1.75 bits per heavy atom. The highest BCUT2D eigenvalue weighted by Crippen LogP contribution is 2.38. The number of phenols is 2. The number of ketones is 1. The van der Waals surface area contributed by atoms with Crippen molar-refractivity contribution in [1.29, 1.82) is 0 Å². The Balaban J connectivity index is 2.01. The van der Waals surface area contributed by atoms with Crippen LogP contribution in [0.2, 0.25) is 0 Å². The molecule has 1 aliphatic rings. The zero-order valence-electron chi connectivity index (χ0n) is 10.8. The number of hydrogen-bond donors (Lipinski definition) is 2. The Kier molecular flexibility index (Phi) is 2.71. The fourth-order valence-corrected chi connectivity index (χ4v) is 2.10. The highest BCUT2D eigenvalue weighted by molar-refractivity contribution is 6.14. The van der Waals surface area contributed by atoms with E-state index in [-0.39, 0.29) is 23.0 Å². The first-order valence-corrected chi connectivity index (χ1v) is 6.12. The maximum absolute atomic E-state index is 12.2. The second-order valence-electron chi connectivity index (χ2n) is 4.62. The fraction of sp³-hybridized carbons (Fsp3) is 0.0625. The summed E-state index contributed by atoms with van der Waals surface area (Å²) in [5.74, 6) is 0.660. The van der Waals surface area contributed by atoms with Crippen molar-refractivity contribution < 1.29 is 19.7 Å². The molecule has 0 atom stereocenters. The van der Waals surface area contributed by atoms with Crippen LogP contribution in [-0.2, 0) is 0 Å². The predicted octanol–water partition coefficient (Wildman–Crippen LogP) is 3.02. The topological polar surface area (TPSA) is 66.8 Å². The van der Waals surface area contributed by atoms with Crippen LogP contribution < -0.4 is 4.74 Å². The van der Waals surface area contributed by atoms with Gasteiger partial charge in [-0.1, -0.05) is 12.1 Å². The third-order valence-corrected chi connectivity index (χ3v) is 3.25. The van der Waals surface area contributed by atoms with Crippen LogP contribution in [0.4, 0.5) is 0 Å². The smallest absolute Gasteiger partial charge is 0.231 e. The Hall–Kier alpha value is -2.75. The molecule has 1 heterocycles. The molecule has 2 aromatic rings. The molecule has 4 heteroatoms. The van der Waals surface area contributed by atoms with Gasteiger partial charge in [0.2, 0.25) is 5.78 Å². The summed E-state index contributed by atoms with van der Waals surface area (Å²) < 4.78 is 5.55. The molecular formula is C16H12O4. The van der Waals surface area contributed by atoms with E-state index in [1.165, 1.54) is 18.2 Å². The molecule has 2 N–H and O–H groups in total. The van der Waals surface area contributed by atoms with Gasteiger partial charge in [-0.2, -0.15) is 0 Å². The zero-order chi connectivity index (χ0) is 14.3. The van der Waals surface area contributed by atoms with Crippen molar-refractivity contribution in [3.05, 3.63) is 58.8 Å². The minimum Gasteiger partial charge on any atom is -0.508 e. The summed E-state index contributed by atoms with van der Waals surface area (Å²) in [5.41, 5.74) is 1.75. The summed E-state index contributed by atoms with van der Waals surface area (Å²) in [5, 5.41) is 18.9. The van der Waals surface area contributed by atoms with Crippen LogP contribution in [0.3, 0.4) is 0 Å². The molecule has 0 spiro atoms. The fourth-order valence-electron chi connectivity index (χ4n) is 2.10. The van der Waals surface area contributed by atoms with Gasteiger partial charge in [-0.05, 0) is 42.8 Å². The van der Waals surface area contributed by atoms with Gasteiger partial charge in [0.15, 0.2) is 5.76 Å². The maximum Gasteiger partial charge on any atom is 0.231 e. The van der Waals surface area contributed by atoms with Crippen molar-refractivity contribution in [2.75, 3.05) is 0 Å². The van der Waals surface area contributed by atoms with Crippen LogP contribution in [0.1, 0.15) is 21.5 Å². The highest BCUT2D eigenvalue weighted by Gasteiger charge is 2.29. The van der Waals surface area contributed by atoms with Gasteiger partial charge in [-0.25, -0.2) is 0 Å². The van der Waals surface area contributed by atoms with Crippen LogP contribution in [0.15, 0.2) is 42.2 Å². The lowest BCUT2D eigenvalue weighted by atomic mass is 10.1. The van der Waals surface area contributed by atoms with Crippen LogP contribution in [0, 0.1) is 6.92 Å². The van der Waals surface area contributed by atoms with E-state index in [1.54, 1.807) is 31.2 Å². The Morgan fingerprint density at radius 1 is 1.05 bits per heavy atom. The van der Waals surface area contributed by atoms with Gasteiger partial charge in [-0.15, -0.1) is 0 Å². The number of carbonyl (C=O) groups is 1. The second kappa shape index (κ2) is 4.42. The molecule has 1 aliphatic heterocycles. The van der Waals surface area contributed by atoms with Crippen molar-refractivity contribution in [2.24, 2.45) is 0 Å². The lowest BCUT2D eigenvalue weighted by Crippen LogP contribution is -1.97. The van der Waals surface area contributed by atoms with Gasteiger partial charge in [0, 0.05) is 5.56 Å². The first-order valence-electron chi connectivity index (χ1n) is 6.12. The average Bonchev–Trinajstić information content (AvgIpc) is 2.75. The number of ether oxygens (including phenoxy) is 1. The molecule has 0 saturated carbocycles. The van der Waals surface area contributed by atoms with E-state index in [0.29, 0.717) is 16.9 Å². The van der Waals surface area contributed by atoms with Crippen LogP contribution >= 0.6 is 0 Å². The summed E-state index contributed by atoms with van der Waals surface area (Å²) in [4.78, 5) is 12.2. The van der Waals surface area contributed by atoms with Crippen LogP contribution in [0.5, 0.6) is 17.2 Å². The lowest BCUT2D eigenvalue weighted by Gasteiger charge is -2.03. The number of hydrogen-bond acceptors (Lipinski definition) is 4. The summed E-state index contributed by atoms with van der Waals surface area (Å²) in [6, 6.07) is 9.49. The molecule has 0 aliphatic carbocycles. The minimum absolute atomic E-state index is 0.0995. The SMILES string of the molecule is Cc1c(O)ccc2c1O/C(=C\c1ccc(O)cc1)C2=O. The molecular weight excluding hydrogens is 256 g/mol. The molecule has 0 saturated heterocycles. The number of benzene rings is 2. The first kappa shape index (κ1) is 12.3. The standard InChI is InChI=1S/C16H12O4/c1-9-13(18)7-6-12-15(19)14(20-16(9)12)8-10-2-4-11(17)5-3-10/h2-8,17-18H,1H3/b14-8-. The van der Waals surface area contributed by atoms with Crippen molar-refractivity contribution in [3.63, 3.8) is 0 Å². The monoisotopic (exact) mass is 268 g/mol. The van der Waals surface area contributed by atoms with Gasteiger partial charge in [0.1, 0.15) is 17.2 Å². The van der Waals surface area contributed by atoms with E-state index in [0.717, 1.165) is 5.56 Å². The Bertz CT molecular complexity index is 727. The van der Waals surface area contributed by atoms with Crippen molar-refractivity contribution >= 4 is 11.9 Å². The molecule has 0 aromatic heterocycles. The predicted molar refractivity (Wildman–Crippen MR) is 73.9 cm³/mol. The third kappa shape index (κ3) is 1.91. The van der Waals surface area contributed by atoms with E-state index in [9.17, 15) is 15.0 Å². The van der Waals surface area contributed by atoms with Crippen molar-refractivity contribution in [3.8, 4) is 17.2 Å². The summed E-state index contributed by atoms with van der Waals surface area (Å²) in [7, 11) is 0. The van der Waals surface area contributed by atoms with Crippen LogP contribution in [-0.4, -0.2) is 16.0 Å². The van der Waals surface area contributed by atoms with E-state index in [1.807, 2.05) is 0 Å². The van der Waals surface area contributed by atoms with Crippen LogP contribution in [0.25, 0.3) is 6.08 Å². The molecule has 100 valence electrons. The van der Waals surface area contributed by atoms with E-state index in [2.05, 4.69) is 0 Å². The molecule has 3 rings (SSSR count). The molecule has 0 radical (unpaired) electrons. The highest BCUT2D eigenvalue weighted by atomic mass is 16.5. The normalized spacial score (nSPS) is 15.2. The van der Waals surface area contributed by atoms with Gasteiger partial charge < -0.3 is 14.9 Å². The summed E-state index contributed by atoms with van der Waals surface area (Å²) >= 11 is 0. The van der Waals surface area contributed by atoms with Gasteiger partial charge in [0.25, 0.3) is 0 Å². The number of aromatic hydroxyl groups is 2. The largest absolute Gasteiger partial charge is 0.508 e.